The smallest absolute Gasteiger partial charge is 0.330 e. The van der Waals surface area contributed by atoms with Gasteiger partial charge in [0.25, 0.3) is 5.91 Å². The molecule has 0 saturated carbocycles. The van der Waals surface area contributed by atoms with Gasteiger partial charge in [0, 0.05) is 18.7 Å². The fraction of sp³-hybridized carbons (Fsp3) is 0.467. The maximum absolute atomic E-state index is 12.8. The quantitative estimate of drug-likeness (QED) is 0.617. The number of benzene rings is 1. The van der Waals surface area contributed by atoms with Gasteiger partial charge in [-0.1, -0.05) is 11.6 Å². The number of amides is 1. The molecule has 1 aromatic rings. The van der Waals surface area contributed by atoms with E-state index < -0.39 is 34.5 Å². The van der Waals surface area contributed by atoms with Gasteiger partial charge < -0.3 is 19.9 Å². The van der Waals surface area contributed by atoms with E-state index in [1.807, 2.05) is 0 Å². The molecule has 1 atom stereocenters. The molecule has 1 heterocycles. The van der Waals surface area contributed by atoms with Crippen molar-refractivity contribution in [3.8, 4) is 0 Å². The van der Waals surface area contributed by atoms with Crippen LogP contribution in [0.3, 0.4) is 0 Å². The van der Waals surface area contributed by atoms with E-state index in [9.17, 15) is 23.1 Å². The van der Waals surface area contributed by atoms with Crippen LogP contribution < -0.4 is 5.32 Å². The van der Waals surface area contributed by atoms with E-state index in [4.69, 9.17) is 16.3 Å². The van der Waals surface area contributed by atoms with Crippen molar-refractivity contribution in [2.45, 2.75) is 10.9 Å². The first-order valence-electron chi connectivity index (χ1n) is 7.68. The van der Waals surface area contributed by atoms with Crippen LogP contribution in [0.25, 0.3) is 0 Å². The van der Waals surface area contributed by atoms with Gasteiger partial charge in [-0.25, -0.2) is 13.2 Å². The average Bonchev–Trinajstić information content (AvgIpc) is 2.66. The van der Waals surface area contributed by atoms with E-state index in [0.29, 0.717) is 0 Å². The third-order valence-corrected chi connectivity index (χ3v) is 6.14. The van der Waals surface area contributed by atoms with Crippen molar-refractivity contribution >= 4 is 33.5 Å². The molecule has 0 unspecified atom stereocenters. The van der Waals surface area contributed by atoms with Crippen LogP contribution in [0.4, 0.5) is 0 Å². The highest BCUT2D eigenvalue weighted by molar-refractivity contribution is 7.89. The Bertz CT molecular complexity index is 778. The van der Waals surface area contributed by atoms with Crippen molar-refractivity contribution in [1.29, 1.82) is 0 Å². The van der Waals surface area contributed by atoms with Crippen molar-refractivity contribution in [1.82, 2.24) is 9.62 Å². The van der Waals surface area contributed by atoms with Gasteiger partial charge in [-0.15, -0.1) is 0 Å². The predicted molar refractivity (Wildman–Crippen MR) is 91.4 cm³/mol. The van der Waals surface area contributed by atoms with Crippen molar-refractivity contribution in [3.05, 3.63) is 28.8 Å². The lowest BCUT2D eigenvalue weighted by Gasteiger charge is -2.26. The topological polar surface area (TPSA) is 122 Å². The van der Waals surface area contributed by atoms with Crippen LogP contribution in [0.5, 0.6) is 0 Å². The Kier molecular flexibility index (Phi) is 6.95. The monoisotopic (exact) mass is 406 g/mol. The lowest BCUT2D eigenvalue weighted by atomic mass is 10.2. The zero-order chi connectivity index (χ0) is 19.3. The number of hydrogen-bond acceptors (Lipinski definition) is 7. The van der Waals surface area contributed by atoms with Crippen molar-refractivity contribution in [3.63, 3.8) is 0 Å². The molecule has 1 amide bonds. The molecule has 0 bridgehead atoms. The maximum Gasteiger partial charge on any atom is 0.330 e. The maximum atomic E-state index is 12.8. The number of aliphatic hydroxyl groups is 1. The first-order valence-corrected chi connectivity index (χ1v) is 9.50. The number of morpholine rings is 1. The van der Waals surface area contributed by atoms with Crippen LogP contribution in [0.2, 0.25) is 5.02 Å². The molecule has 0 aliphatic carbocycles. The number of sulfonamides is 1. The normalized spacial score (nSPS) is 16.7. The summed E-state index contributed by atoms with van der Waals surface area (Å²) in [6.07, 6.45) is 0. The van der Waals surface area contributed by atoms with Crippen molar-refractivity contribution in [2.24, 2.45) is 0 Å². The zero-order valence-corrected chi connectivity index (χ0v) is 15.5. The molecule has 2 rings (SSSR count). The van der Waals surface area contributed by atoms with Gasteiger partial charge in [-0.3, -0.25) is 4.79 Å². The first kappa shape index (κ1) is 20.6. The number of halogens is 1. The predicted octanol–water partition coefficient (Wildman–Crippen LogP) is -0.375. The van der Waals surface area contributed by atoms with Crippen LogP contribution in [0, 0.1) is 0 Å². The molecule has 9 nitrogen and oxygen atoms in total. The van der Waals surface area contributed by atoms with Gasteiger partial charge >= 0.3 is 5.97 Å². The lowest BCUT2D eigenvalue weighted by Crippen LogP contribution is -2.44. The number of nitrogens with zero attached hydrogens (tertiary/aromatic N) is 1. The molecule has 0 spiro atoms. The summed E-state index contributed by atoms with van der Waals surface area (Å²) >= 11 is 6.03. The van der Waals surface area contributed by atoms with Crippen LogP contribution in [0.15, 0.2) is 23.1 Å². The minimum Gasteiger partial charge on any atom is -0.467 e. The lowest BCUT2D eigenvalue weighted by molar-refractivity contribution is -0.143. The van der Waals surface area contributed by atoms with E-state index in [1.165, 1.54) is 16.4 Å². The summed E-state index contributed by atoms with van der Waals surface area (Å²) < 4.78 is 36.3. The fourth-order valence-electron chi connectivity index (χ4n) is 2.33. The van der Waals surface area contributed by atoms with Gasteiger partial charge in [0.1, 0.15) is 4.90 Å². The number of rotatable bonds is 6. The number of ether oxygens (including phenoxy) is 2. The Morgan fingerprint density at radius 1 is 1.38 bits per heavy atom. The van der Waals surface area contributed by atoms with Gasteiger partial charge in [0.2, 0.25) is 10.0 Å². The highest BCUT2D eigenvalue weighted by Crippen LogP contribution is 2.26. The highest BCUT2D eigenvalue weighted by Gasteiger charge is 2.29. The third kappa shape index (κ3) is 4.51. The summed E-state index contributed by atoms with van der Waals surface area (Å²) in [4.78, 5) is 23.5. The summed E-state index contributed by atoms with van der Waals surface area (Å²) in [6.45, 7) is 0.252. The summed E-state index contributed by atoms with van der Waals surface area (Å²) in [5.74, 6) is -1.57. The van der Waals surface area contributed by atoms with Gasteiger partial charge in [0.15, 0.2) is 6.04 Å². The largest absolute Gasteiger partial charge is 0.467 e. The number of hydrogen-bond donors (Lipinski definition) is 2. The van der Waals surface area contributed by atoms with E-state index in [-0.39, 0.29) is 41.8 Å². The molecule has 1 aliphatic rings. The summed E-state index contributed by atoms with van der Waals surface area (Å²) in [5, 5.41) is 11.4. The Hall–Kier alpha value is -1.72. The van der Waals surface area contributed by atoms with Crippen LogP contribution >= 0.6 is 11.6 Å². The molecule has 1 aromatic carbocycles. The van der Waals surface area contributed by atoms with Crippen LogP contribution in [0.1, 0.15) is 10.4 Å². The first-order chi connectivity index (χ1) is 12.3. The molecule has 2 N–H and O–H groups in total. The summed E-state index contributed by atoms with van der Waals surface area (Å²) in [5.41, 5.74) is -0.0245. The highest BCUT2D eigenvalue weighted by atomic mass is 35.5. The Labute approximate surface area is 155 Å². The van der Waals surface area contributed by atoms with Gasteiger partial charge in [-0.2, -0.15) is 4.31 Å². The van der Waals surface area contributed by atoms with E-state index in [1.54, 1.807) is 0 Å². The van der Waals surface area contributed by atoms with Crippen LogP contribution in [-0.2, 0) is 24.3 Å². The fourth-order valence-corrected chi connectivity index (χ4v) is 4.24. The average molecular weight is 407 g/mol. The summed E-state index contributed by atoms with van der Waals surface area (Å²) in [7, 11) is -2.79. The molecule has 144 valence electrons. The Balaban J connectivity index is 2.28. The van der Waals surface area contributed by atoms with Crippen molar-refractivity contribution < 1.29 is 32.6 Å². The third-order valence-electron chi connectivity index (χ3n) is 3.75. The molecule has 11 heteroatoms. The number of nitrogens with one attached hydrogen (secondary N) is 1. The number of aliphatic hydroxyl groups excluding tert-OH is 1. The number of methoxy groups -OCH3 is 1. The number of carbonyl (C=O) groups excluding carboxylic acids is 2. The molecule has 1 fully saturated rings. The number of carbonyl (C=O) groups is 2. The van der Waals surface area contributed by atoms with Crippen molar-refractivity contribution in [2.75, 3.05) is 40.0 Å². The molecule has 1 saturated heterocycles. The minimum atomic E-state index is -3.90. The van der Waals surface area contributed by atoms with Crippen LogP contribution in [-0.4, -0.2) is 75.8 Å². The van der Waals surface area contributed by atoms with Gasteiger partial charge in [0.05, 0.1) is 32.0 Å². The molecule has 0 aromatic heterocycles. The molecule has 1 aliphatic heterocycles. The summed E-state index contributed by atoms with van der Waals surface area (Å²) in [6, 6.07) is 2.48. The van der Waals surface area contributed by atoms with E-state index in [0.717, 1.165) is 13.2 Å². The van der Waals surface area contributed by atoms with E-state index in [2.05, 4.69) is 10.1 Å². The Morgan fingerprint density at radius 3 is 2.62 bits per heavy atom. The molecule has 26 heavy (non-hydrogen) atoms. The molecular formula is C15H19ClN2O7S. The SMILES string of the molecule is COC(=O)[C@H](CO)NC(=O)c1ccc(Cl)c(S(=O)(=O)N2CCOCC2)c1. The zero-order valence-electron chi connectivity index (χ0n) is 14.0. The molecule has 0 radical (unpaired) electrons. The molecular weight excluding hydrogens is 388 g/mol. The Morgan fingerprint density at radius 2 is 2.04 bits per heavy atom. The standard InChI is InChI=1S/C15H19ClN2O7S/c1-24-15(21)12(9-19)17-14(20)10-2-3-11(16)13(8-10)26(22,23)18-4-6-25-7-5-18/h2-3,8,12,19H,4-7,9H2,1H3,(H,17,20)/t12-/m0/s1. The van der Waals surface area contributed by atoms with Gasteiger partial charge in [-0.05, 0) is 18.2 Å². The second-order valence-electron chi connectivity index (χ2n) is 5.39. The second-order valence-corrected chi connectivity index (χ2v) is 7.71. The number of esters is 1. The minimum absolute atomic E-state index is 0.0245. The second kappa shape index (κ2) is 8.78. The van der Waals surface area contributed by atoms with E-state index >= 15 is 0 Å².